The fraction of sp³-hybridized carbons (Fsp3) is 0.800. The van der Waals surface area contributed by atoms with Gasteiger partial charge in [0, 0.05) is 50.9 Å². The van der Waals surface area contributed by atoms with Crippen molar-refractivity contribution in [3.8, 4) is 0 Å². The van der Waals surface area contributed by atoms with Crippen molar-refractivity contribution in [2.75, 3.05) is 46.5 Å². The zero-order valence-corrected chi connectivity index (χ0v) is 16.3. The molecular formula is C20H32N4O3. The van der Waals surface area contributed by atoms with Crippen molar-refractivity contribution in [2.45, 2.75) is 44.6 Å². The summed E-state index contributed by atoms with van der Waals surface area (Å²) in [4.78, 5) is 16.5. The van der Waals surface area contributed by atoms with E-state index >= 15 is 0 Å². The Balaban J connectivity index is 1.32. The van der Waals surface area contributed by atoms with Gasteiger partial charge in [-0.05, 0) is 56.7 Å². The fourth-order valence-corrected chi connectivity index (χ4v) is 4.91. The highest BCUT2D eigenvalue weighted by Gasteiger charge is 2.45. The molecule has 0 radical (unpaired) electrons. The largest absolute Gasteiger partial charge is 0.396 e. The predicted molar refractivity (Wildman–Crippen MR) is 101 cm³/mol. The lowest BCUT2D eigenvalue weighted by Crippen LogP contribution is -2.55. The molecule has 2 N–H and O–H groups in total. The lowest BCUT2D eigenvalue weighted by Gasteiger charge is -2.51. The first kappa shape index (κ1) is 18.9. The highest BCUT2D eigenvalue weighted by molar-refractivity contribution is 5.77. The van der Waals surface area contributed by atoms with Crippen molar-refractivity contribution in [3.63, 3.8) is 0 Å². The third kappa shape index (κ3) is 4.05. The summed E-state index contributed by atoms with van der Waals surface area (Å²) in [6.45, 7) is 4.74. The summed E-state index contributed by atoms with van der Waals surface area (Å²) < 4.78 is 4.99. The molecule has 2 saturated heterocycles. The fourth-order valence-electron chi connectivity index (χ4n) is 4.91. The molecule has 3 fully saturated rings. The number of likely N-dealkylation sites (tertiary alicyclic amines) is 2. The maximum absolute atomic E-state index is 12.1. The number of aromatic amines is 1. The van der Waals surface area contributed by atoms with Gasteiger partial charge in [0.15, 0.2) is 0 Å². The van der Waals surface area contributed by atoms with Gasteiger partial charge in [0.05, 0.1) is 5.69 Å². The van der Waals surface area contributed by atoms with Crippen LogP contribution in [0.4, 0.5) is 0 Å². The number of piperidine rings is 2. The molecule has 1 atom stereocenters. The number of aromatic nitrogens is 2. The molecule has 1 amide bonds. The van der Waals surface area contributed by atoms with Gasteiger partial charge < -0.3 is 14.7 Å². The molecule has 0 aromatic carbocycles. The molecular weight excluding hydrogens is 344 g/mol. The molecule has 7 nitrogen and oxygen atoms in total. The molecule has 1 aromatic rings. The molecule has 27 heavy (non-hydrogen) atoms. The van der Waals surface area contributed by atoms with Crippen LogP contribution in [0.25, 0.3) is 0 Å². The number of hydrogen-bond acceptors (Lipinski definition) is 5. The minimum atomic E-state index is 0.0361. The average molecular weight is 377 g/mol. The number of H-pyrrole nitrogens is 1. The van der Waals surface area contributed by atoms with Crippen LogP contribution >= 0.6 is 0 Å². The van der Waals surface area contributed by atoms with E-state index in [9.17, 15) is 9.90 Å². The second kappa shape index (κ2) is 7.89. The van der Waals surface area contributed by atoms with Gasteiger partial charge in [-0.25, -0.2) is 0 Å². The molecule has 1 unspecified atom stereocenters. The van der Waals surface area contributed by atoms with Crippen molar-refractivity contribution in [1.29, 1.82) is 0 Å². The van der Waals surface area contributed by atoms with Gasteiger partial charge in [-0.2, -0.15) is 5.10 Å². The summed E-state index contributed by atoms with van der Waals surface area (Å²) in [5.41, 5.74) is 2.61. The van der Waals surface area contributed by atoms with Gasteiger partial charge in [-0.15, -0.1) is 0 Å². The third-order valence-corrected chi connectivity index (χ3v) is 6.92. The number of nitrogens with zero attached hydrogens (tertiary/aromatic N) is 3. The zero-order valence-electron chi connectivity index (χ0n) is 16.3. The number of amides is 1. The smallest absolute Gasteiger partial charge is 0.248 e. The van der Waals surface area contributed by atoms with Crippen LogP contribution in [0, 0.1) is 11.3 Å². The van der Waals surface area contributed by atoms with E-state index in [4.69, 9.17) is 4.74 Å². The Morgan fingerprint density at radius 1 is 1.33 bits per heavy atom. The predicted octanol–water partition coefficient (Wildman–Crippen LogP) is 1.36. The van der Waals surface area contributed by atoms with Crippen LogP contribution in [0.3, 0.4) is 0 Å². The van der Waals surface area contributed by atoms with Gasteiger partial charge in [0.2, 0.25) is 5.91 Å². The van der Waals surface area contributed by atoms with Crippen molar-refractivity contribution in [2.24, 2.45) is 11.3 Å². The Labute approximate surface area is 161 Å². The first-order chi connectivity index (χ1) is 13.1. The van der Waals surface area contributed by atoms with E-state index in [0.29, 0.717) is 12.5 Å². The quantitative estimate of drug-likeness (QED) is 0.783. The molecule has 1 aromatic heterocycles. The lowest BCUT2D eigenvalue weighted by atomic mass is 9.64. The Hall–Kier alpha value is -1.44. The first-order valence-electron chi connectivity index (χ1n) is 10.3. The van der Waals surface area contributed by atoms with E-state index in [1.54, 1.807) is 7.11 Å². The second-order valence-electron chi connectivity index (χ2n) is 8.63. The summed E-state index contributed by atoms with van der Waals surface area (Å²) >= 11 is 0. The number of ether oxygens (including phenoxy) is 1. The van der Waals surface area contributed by atoms with Crippen molar-refractivity contribution in [1.82, 2.24) is 20.0 Å². The normalized spacial score (nSPS) is 25.9. The van der Waals surface area contributed by atoms with E-state index in [-0.39, 0.29) is 30.5 Å². The number of methoxy groups -OCH3 is 1. The Kier molecular flexibility index (Phi) is 5.53. The van der Waals surface area contributed by atoms with E-state index < -0.39 is 0 Å². The maximum atomic E-state index is 12.1. The number of hydrogen-bond donors (Lipinski definition) is 2. The van der Waals surface area contributed by atoms with Crippen molar-refractivity contribution >= 4 is 5.91 Å². The van der Waals surface area contributed by atoms with Gasteiger partial charge in [-0.1, -0.05) is 0 Å². The Bertz CT molecular complexity index is 649. The minimum Gasteiger partial charge on any atom is -0.396 e. The molecule has 3 aliphatic rings. The summed E-state index contributed by atoms with van der Waals surface area (Å²) in [6.07, 6.45) is 5.73. The highest BCUT2D eigenvalue weighted by atomic mass is 16.5. The highest BCUT2D eigenvalue weighted by Crippen LogP contribution is 2.45. The van der Waals surface area contributed by atoms with Crippen LogP contribution in [0.15, 0.2) is 6.07 Å². The third-order valence-electron chi connectivity index (χ3n) is 6.92. The first-order valence-corrected chi connectivity index (χ1v) is 10.3. The van der Waals surface area contributed by atoms with E-state index in [1.807, 2.05) is 4.90 Å². The van der Waals surface area contributed by atoms with Crippen LogP contribution in [-0.4, -0.2) is 77.5 Å². The molecule has 7 heteroatoms. The maximum Gasteiger partial charge on any atom is 0.248 e. The number of rotatable bonds is 6. The SMILES string of the molecule is COCC(=O)N1CCC2(CCN(Cc3cc(C4CC4)n[nH]3)CC2)C(CO)C1. The van der Waals surface area contributed by atoms with E-state index in [2.05, 4.69) is 21.2 Å². The monoisotopic (exact) mass is 376 g/mol. The number of aliphatic hydroxyl groups excluding tert-OH is 1. The zero-order chi connectivity index (χ0) is 18.9. The minimum absolute atomic E-state index is 0.0361. The molecule has 4 rings (SSSR count). The lowest BCUT2D eigenvalue weighted by molar-refractivity contribution is -0.141. The standard InChI is InChI=1S/C20H32N4O3/c1-27-14-19(26)24-9-6-20(16(11-24)13-25)4-7-23(8-5-20)12-17-10-18(22-21-17)15-2-3-15/h10,15-16,25H,2-9,11-14H2,1H3,(H,21,22). The second-order valence-corrected chi connectivity index (χ2v) is 8.63. The molecule has 2 aliphatic heterocycles. The summed E-state index contributed by atoms with van der Waals surface area (Å²) in [5, 5.41) is 17.7. The topological polar surface area (TPSA) is 81.7 Å². The Morgan fingerprint density at radius 3 is 2.74 bits per heavy atom. The molecule has 1 saturated carbocycles. The van der Waals surface area contributed by atoms with E-state index in [1.165, 1.54) is 24.2 Å². The van der Waals surface area contributed by atoms with Crippen LogP contribution in [-0.2, 0) is 16.1 Å². The number of carbonyl (C=O) groups excluding carboxylic acids is 1. The van der Waals surface area contributed by atoms with Crippen molar-refractivity contribution in [3.05, 3.63) is 17.5 Å². The van der Waals surface area contributed by atoms with Gasteiger partial charge in [-0.3, -0.25) is 14.8 Å². The summed E-state index contributed by atoms with van der Waals surface area (Å²) in [6, 6.07) is 2.23. The molecule has 3 heterocycles. The average Bonchev–Trinajstić information content (AvgIpc) is 3.43. The van der Waals surface area contributed by atoms with Gasteiger partial charge in [0.25, 0.3) is 0 Å². The number of nitrogens with one attached hydrogen (secondary N) is 1. The summed E-state index contributed by atoms with van der Waals surface area (Å²) in [7, 11) is 1.55. The molecule has 1 spiro atoms. The molecule has 150 valence electrons. The molecule has 1 aliphatic carbocycles. The number of aliphatic hydroxyl groups is 1. The van der Waals surface area contributed by atoms with Crippen LogP contribution < -0.4 is 0 Å². The van der Waals surface area contributed by atoms with Gasteiger partial charge in [0.1, 0.15) is 6.61 Å². The summed E-state index contributed by atoms with van der Waals surface area (Å²) in [5.74, 6) is 0.896. The van der Waals surface area contributed by atoms with Crippen LogP contribution in [0.5, 0.6) is 0 Å². The van der Waals surface area contributed by atoms with Crippen LogP contribution in [0.1, 0.15) is 49.4 Å². The van der Waals surface area contributed by atoms with Crippen LogP contribution in [0.2, 0.25) is 0 Å². The molecule has 0 bridgehead atoms. The van der Waals surface area contributed by atoms with E-state index in [0.717, 1.165) is 45.4 Å². The van der Waals surface area contributed by atoms with Crippen molar-refractivity contribution < 1.29 is 14.6 Å². The van der Waals surface area contributed by atoms with Gasteiger partial charge >= 0.3 is 0 Å². The number of carbonyl (C=O) groups is 1. The Morgan fingerprint density at radius 2 is 2.07 bits per heavy atom.